The van der Waals surface area contributed by atoms with Gasteiger partial charge in [0.15, 0.2) is 0 Å². The van der Waals surface area contributed by atoms with Crippen LogP contribution in [0.4, 0.5) is 11.4 Å². The molecule has 0 fully saturated rings. The van der Waals surface area contributed by atoms with Crippen molar-refractivity contribution in [2.45, 2.75) is 37.4 Å². The quantitative estimate of drug-likeness (QED) is 0.0482. The molecule has 0 saturated heterocycles. The summed E-state index contributed by atoms with van der Waals surface area (Å²) >= 11 is -5.27. The summed E-state index contributed by atoms with van der Waals surface area (Å²) in [4.78, 5) is 51.8. The second kappa shape index (κ2) is 14.6. The molecule has 2 amide bonds. The molecule has 5 N–H and O–H groups in total. The molecule has 3 rings (SSSR count). The molecule has 232 valence electrons. The summed E-state index contributed by atoms with van der Waals surface area (Å²) < 4.78 is 30.0. The van der Waals surface area contributed by atoms with Crippen molar-refractivity contribution in [3.05, 3.63) is 105 Å². The number of phenols is 1. The van der Waals surface area contributed by atoms with Crippen LogP contribution < -0.4 is 15.0 Å². The van der Waals surface area contributed by atoms with Crippen LogP contribution in [0.25, 0.3) is 0 Å². The van der Waals surface area contributed by atoms with E-state index in [0.29, 0.717) is 24.3 Å². The van der Waals surface area contributed by atoms with Crippen LogP contribution in [0.1, 0.15) is 37.3 Å². The average molecular weight is 672 g/mol. The van der Waals surface area contributed by atoms with Crippen LogP contribution >= 0.6 is 0 Å². The fourth-order valence-electron chi connectivity index (χ4n) is 4.46. The van der Waals surface area contributed by atoms with Crippen molar-refractivity contribution in [1.82, 2.24) is 0 Å². The maximum absolute atomic E-state index is 14.0. The third kappa shape index (κ3) is 7.60. The molecule has 0 radical (unpaired) electrons. The second-order valence-electron chi connectivity index (χ2n) is 9.49. The third-order valence-electron chi connectivity index (χ3n) is 6.54. The number of rotatable bonds is 14. The number of anilines is 1. The number of amides is 2. The van der Waals surface area contributed by atoms with Gasteiger partial charge in [-0.2, -0.15) is 0 Å². The number of nitrogens with zero attached hydrogens (tertiary/aromatic N) is 5. The molecule has 0 saturated carbocycles. The number of aromatic hydroxyl groups is 1. The predicted octanol–water partition coefficient (Wildman–Crippen LogP) is 2.11. The van der Waals surface area contributed by atoms with Crippen molar-refractivity contribution < 1.29 is 36.5 Å². The first-order valence-corrected chi connectivity index (χ1v) is 16.5. The molecule has 0 aliphatic rings. The summed E-state index contributed by atoms with van der Waals surface area (Å²) in [5.74, 6) is -3.07. The van der Waals surface area contributed by atoms with Crippen LogP contribution in [0.5, 0.6) is 5.75 Å². The summed E-state index contributed by atoms with van der Waals surface area (Å²) in [7, 11) is 0. The molecule has 2 atom stereocenters. The molecule has 3 aromatic rings. The van der Waals surface area contributed by atoms with Crippen LogP contribution in [0.15, 0.2) is 89.1 Å². The summed E-state index contributed by atoms with van der Waals surface area (Å²) in [6, 6.07) is 12.7. The number of carbonyl (C=O) groups excluding carboxylic acids is 2. The number of unbranched alkanes of at least 4 members (excludes halogenated alkanes) is 2. The van der Waals surface area contributed by atoms with Crippen molar-refractivity contribution in [3.8, 4) is 5.75 Å². The molecule has 1 unspecified atom stereocenters. The van der Waals surface area contributed by atoms with Gasteiger partial charge >= 0.3 is 211 Å². The molecule has 44 heavy (non-hydrogen) atoms. The van der Waals surface area contributed by atoms with E-state index >= 15 is 0 Å². The first kappa shape index (κ1) is 33.7. The Morgan fingerprint density at radius 3 is 2.07 bits per heavy atom. The molecular formula is C27H29AsN6O10. The molecular weight excluding hydrogens is 643 g/mol. The Labute approximate surface area is 253 Å². The Kier molecular flexibility index (Phi) is 11.2. The molecule has 0 aromatic heterocycles. The molecule has 0 aliphatic carbocycles. The number of hydrogen-bond acceptors (Lipinski definition) is 10. The number of nitro groups is 2. The third-order valence-corrected chi connectivity index (χ3v) is 8.57. The topological polar surface area (TPSA) is 252 Å². The van der Waals surface area contributed by atoms with Crippen molar-refractivity contribution in [3.63, 3.8) is 0 Å². The van der Waals surface area contributed by atoms with Gasteiger partial charge in [-0.05, 0) is 13.0 Å². The molecule has 16 nitrogen and oxygen atoms in total. The Hall–Kier alpha value is -4.76. The normalized spacial score (nSPS) is 13.6. The Balaban J connectivity index is 2.29. The fraction of sp³-hybridized carbons (Fsp3) is 0.259. The van der Waals surface area contributed by atoms with Gasteiger partial charge in [0.2, 0.25) is 0 Å². The Bertz CT molecular complexity index is 1560. The summed E-state index contributed by atoms with van der Waals surface area (Å²) in [5.41, 5.74) is 1.25. The van der Waals surface area contributed by atoms with Crippen LogP contribution in [0.3, 0.4) is 0 Å². The van der Waals surface area contributed by atoms with Gasteiger partial charge in [0, 0.05) is 0 Å². The van der Waals surface area contributed by atoms with Gasteiger partial charge in [-0.25, -0.2) is 0 Å². The minimum absolute atomic E-state index is 0.162. The fourth-order valence-corrected chi connectivity index (χ4v) is 5.59. The second-order valence-corrected chi connectivity index (χ2v) is 12.9. The van der Waals surface area contributed by atoms with E-state index in [-0.39, 0.29) is 34.3 Å². The molecule has 0 aliphatic heterocycles. The standard InChI is InChI=1S/C27H29AsN6O10/c29-18-6-2-5-9-24(36)32(22-7-3-1-4-8-22)27(34(43)44,25(33(41)42)19-10-16-23(35)17-11-19)26(37)31-30-21-14-12-20(13-15-21)28(38,39)40/h1,3-4,7-8,10-17,25,35H,2,5-6,9,18,29H2,(H2,38,39,40)/t25?,27-/m1/s1. The van der Waals surface area contributed by atoms with Gasteiger partial charge in [0.25, 0.3) is 0 Å². The van der Waals surface area contributed by atoms with E-state index in [9.17, 15) is 46.9 Å². The zero-order valence-electron chi connectivity index (χ0n) is 23.1. The SMILES string of the molecule is NCCCCCC(=O)N(c1ccccc1)[C@](C(=O)N=Nc1ccc([As](=O)(O)O)cc1)(C(c1ccc(O)cc1)[N+](=O)[O-])[N+](=O)[O-]. The van der Waals surface area contributed by atoms with Gasteiger partial charge in [-0.15, -0.1) is 0 Å². The van der Waals surface area contributed by atoms with Crippen LogP contribution in [0, 0.1) is 20.2 Å². The van der Waals surface area contributed by atoms with Gasteiger partial charge in [-0.1, -0.05) is 12.5 Å². The first-order chi connectivity index (χ1) is 20.8. The molecule has 0 bridgehead atoms. The zero-order valence-corrected chi connectivity index (χ0v) is 25.0. The van der Waals surface area contributed by atoms with E-state index < -0.39 is 53.1 Å². The van der Waals surface area contributed by atoms with Crippen molar-refractivity contribution in [2.24, 2.45) is 16.0 Å². The number of azo groups is 1. The monoisotopic (exact) mass is 672 g/mol. The van der Waals surface area contributed by atoms with Crippen molar-refractivity contribution in [1.29, 1.82) is 0 Å². The van der Waals surface area contributed by atoms with Crippen molar-refractivity contribution >= 4 is 41.7 Å². The zero-order chi connectivity index (χ0) is 32.5. The van der Waals surface area contributed by atoms with E-state index in [1.165, 1.54) is 30.3 Å². The summed E-state index contributed by atoms with van der Waals surface area (Å²) in [5, 5.41) is 42.7. The van der Waals surface area contributed by atoms with Crippen LogP contribution in [0.2, 0.25) is 0 Å². The number of nitrogens with two attached hydrogens (primary N) is 1. The minimum atomic E-state index is -5.27. The van der Waals surface area contributed by atoms with E-state index in [4.69, 9.17) is 5.73 Å². The molecule has 0 heterocycles. The number of hydrogen-bond donors (Lipinski definition) is 4. The maximum atomic E-state index is 14.0. The Morgan fingerprint density at radius 2 is 1.55 bits per heavy atom. The van der Waals surface area contributed by atoms with Gasteiger partial charge < -0.3 is 10.8 Å². The molecule has 3 aromatic carbocycles. The summed E-state index contributed by atoms with van der Waals surface area (Å²) in [6.45, 7) is 0.328. The van der Waals surface area contributed by atoms with Gasteiger partial charge in [0.05, 0.1) is 0 Å². The van der Waals surface area contributed by atoms with E-state index in [1.54, 1.807) is 0 Å². The molecule has 17 heteroatoms. The number of para-hydroxylation sites is 1. The van der Waals surface area contributed by atoms with Crippen molar-refractivity contribution in [2.75, 3.05) is 11.4 Å². The van der Waals surface area contributed by atoms with Crippen LogP contribution in [-0.4, -0.2) is 61.3 Å². The summed E-state index contributed by atoms with van der Waals surface area (Å²) in [6.07, 6.45) is 0.880. The van der Waals surface area contributed by atoms with Crippen LogP contribution in [-0.2, 0) is 13.3 Å². The first-order valence-electron chi connectivity index (χ1n) is 13.1. The average Bonchev–Trinajstić information content (AvgIpc) is 2.98. The van der Waals surface area contributed by atoms with Gasteiger partial charge in [0.1, 0.15) is 5.75 Å². The molecule has 0 spiro atoms. The van der Waals surface area contributed by atoms with Gasteiger partial charge in [-0.3, -0.25) is 0 Å². The Morgan fingerprint density at radius 1 is 0.932 bits per heavy atom. The number of phenolic OH excluding ortho intramolecular Hbond substituents is 1. The number of carbonyl (C=O) groups is 2. The predicted molar refractivity (Wildman–Crippen MR) is 155 cm³/mol. The number of benzene rings is 3. The van der Waals surface area contributed by atoms with E-state index in [1.807, 2.05) is 0 Å². The van der Waals surface area contributed by atoms with E-state index in [2.05, 4.69) is 10.2 Å². The van der Waals surface area contributed by atoms with E-state index in [0.717, 1.165) is 48.5 Å².